The zero-order valence-electron chi connectivity index (χ0n) is 14.7. The molecule has 2 rings (SSSR count). The summed E-state index contributed by atoms with van der Waals surface area (Å²) in [5.74, 6) is 0. The molecule has 0 spiro atoms. The first-order valence-electron chi connectivity index (χ1n) is 7.73. The molecule has 0 saturated carbocycles. The van der Waals surface area contributed by atoms with Gasteiger partial charge in [0.1, 0.15) is 11.3 Å². The minimum absolute atomic E-state index is 0.0967. The van der Waals surface area contributed by atoms with Crippen molar-refractivity contribution in [2.24, 2.45) is 12.2 Å². The maximum absolute atomic E-state index is 13.3. The normalized spacial score (nSPS) is 18.3. The van der Waals surface area contributed by atoms with Crippen molar-refractivity contribution in [3.05, 3.63) is 29.6 Å². The van der Waals surface area contributed by atoms with Crippen LogP contribution in [0.3, 0.4) is 0 Å². The van der Waals surface area contributed by atoms with E-state index in [1.54, 1.807) is 13.8 Å². The lowest BCUT2D eigenvalue weighted by atomic mass is 10.1. The van der Waals surface area contributed by atoms with E-state index in [0.29, 0.717) is 4.68 Å². The third kappa shape index (κ3) is 4.14. The van der Waals surface area contributed by atoms with Gasteiger partial charge in [-0.2, -0.15) is 18.3 Å². The lowest BCUT2D eigenvalue weighted by Crippen LogP contribution is -2.31. The molecule has 0 saturated heterocycles. The molecule has 0 aromatic carbocycles. The fourth-order valence-electron chi connectivity index (χ4n) is 2.73. The first-order valence-corrected chi connectivity index (χ1v) is 9.28. The Bertz CT molecular complexity index is 872. The van der Waals surface area contributed by atoms with E-state index in [1.165, 1.54) is 0 Å². The second kappa shape index (κ2) is 6.88. The molecular weight excluding hydrogens is 397 g/mol. The van der Waals surface area contributed by atoms with E-state index in [1.807, 2.05) is 0 Å². The number of sulfone groups is 1. The molecule has 12 heteroatoms. The van der Waals surface area contributed by atoms with Crippen molar-refractivity contribution in [1.82, 2.24) is 9.78 Å². The first-order chi connectivity index (χ1) is 12.2. The number of alkyl halides is 5. The Morgan fingerprint density at radius 3 is 2.37 bits per heavy atom. The number of aromatic nitrogens is 2. The number of halogens is 5. The number of hydrogen-bond donors (Lipinski definition) is 0. The molecule has 0 N–H and O–H groups in total. The van der Waals surface area contributed by atoms with E-state index in [4.69, 9.17) is 4.84 Å². The van der Waals surface area contributed by atoms with Gasteiger partial charge in [-0.3, -0.25) is 4.68 Å². The summed E-state index contributed by atoms with van der Waals surface area (Å²) in [6, 6.07) is 0. The highest BCUT2D eigenvalue weighted by molar-refractivity contribution is 8.07. The van der Waals surface area contributed by atoms with Crippen LogP contribution in [0.25, 0.3) is 0 Å². The Hall–Kier alpha value is -1.98. The van der Waals surface area contributed by atoms with Crippen molar-refractivity contribution in [2.45, 2.75) is 50.1 Å². The lowest BCUT2D eigenvalue weighted by molar-refractivity contribution is -0.142. The molecule has 1 aromatic rings. The Labute approximate surface area is 152 Å². The predicted octanol–water partition coefficient (Wildman–Crippen LogP) is 3.40. The van der Waals surface area contributed by atoms with Crippen LogP contribution >= 0.6 is 0 Å². The lowest BCUT2D eigenvalue weighted by Gasteiger charge is -2.16. The highest BCUT2D eigenvalue weighted by Crippen LogP contribution is 2.37. The SMILES string of the molecule is C=CC(Cc1c(C(F)(F)F)nn(C)c1C(F)F)S(=O)(=O)C1=NOC(C)(C)C1. The van der Waals surface area contributed by atoms with E-state index < -0.39 is 56.7 Å². The fourth-order valence-corrected chi connectivity index (χ4v) is 4.41. The molecule has 27 heavy (non-hydrogen) atoms. The molecule has 0 fully saturated rings. The number of rotatable bonds is 5. The summed E-state index contributed by atoms with van der Waals surface area (Å²) < 4.78 is 92.1. The number of nitrogens with zero attached hydrogens (tertiary/aromatic N) is 3. The molecule has 0 bridgehead atoms. The van der Waals surface area contributed by atoms with Gasteiger partial charge >= 0.3 is 6.18 Å². The molecule has 1 aliphatic heterocycles. The Morgan fingerprint density at radius 1 is 1.37 bits per heavy atom. The Balaban J connectivity index is 2.49. The second-order valence-electron chi connectivity index (χ2n) is 6.67. The quantitative estimate of drug-likeness (QED) is 0.546. The van der Waals surface area contributed by atoms with Crippen molar-refractivity contribution >= 4 is 14.9 Å². The number of oxime groups is 1. The zero-order chi connectivity index (χ0) is 20.8. The summed E-state index contributed by atoms with van der Waals surface area (Å²) in [4.78, 5) is 4.99. The Kier molecular flexibility index (Phi) is 5.43. The first kappa shape index (κ1) is 21.3. The average Bonchev–Trinajstić information content (AvgIpc) is 3.04. The third-order valence-electron chi connectivity index (χ3n) is 4.04. The fraction of sp³-hybridized carbons (Fsp3) is 0.600. The minimum atomic E-state index is -5.02. The van der Waals surface area contributed by atoms with Gasteiger partial charge in [-0.05, 0) is 20.3 Å². The summed E-state index contributed by atoms with van der Waals surface area (Å²) in [6.07, 6.45) is -8.36. The number of hydrogen-bond acceptors (Lipinski definition) is 5. The van der Waals surface area contributed by atoms with Crippen LogP contribution in [0, 0.1) is 0 Å². The number of aryl methyl sites for hydroxylation is 1. The molecule has 1 aliphatic rings. The highest BCUT2D eigenvalue weighted by Gasteiger charge is 2.44. The maximum Gasteiger partial charge on any atom is 0.435 e. The van der Waals surface area contributed by atoms with Crippen molar-refractivity contribution < 1.29 is 35.2 Å². The molecule has 0 amide bonds. The topological polar surface area (TPSA) is 73.5 Å². The molecule has 152 valence electrons. The summed E-state index contributed by atoms with van der Waals surface area (Å²) in [5, 5.41) is 4.65. The molecular formula is C15H18F5N3O3S. The van der Waals surface area contributed by atoms with Gasteiger partial charge in [-0.15, -0.1) is 6.58 Å². The van der Waals surface area contributed by atoms with Gasteiger partial charge in [0.2, 0.25) is 9.84 Å². The summed E-state index contributed by atoms with van der Waals surface area (Å²) in [6.45, 7) is 6.50. The van der Waals surface area contributed by atoms with E-state index in [-0.39, 0.29) is 11.5 Å². The molecule has 0 aliphatic carbocycles. The summed E-state index contributed by atoms with van der Waals surface area (Å²) in [5.41, 5.74) is -4.32. The Morgan fingerprint density at radius 2 is 1.96 bits per heavy atom. The van der Waals surface area contributed by atoms with E-state index in [9.17, 15) is 30.4 Å². The van der Waals surface area contributed by atoms with Gasteiger partial charge < -0.3 is 4.84 Å². The van der Waals surface area contributed by atoms with Crippen LogP contribution < -0.4 is 0 Å². The van der Waals surface area contributed by atoms with Gasteiger partial charge in [-0.1, -0.05) is 11.2 Å². The highest BCUT2D eigenvalue weighted by atomic mass is 32.2. The molecule has 1 atom stereocenters. The van der Waals surface area contributed by atoms with Crippen LogP contribution in [0.5, 0.6) is 0 Å². The van der Waals surface area contributed by atoms with Crippen molar-refractivity contribution in [1.29, 1.82) is 0 Å². The van der Waals surface area contributed by atoms with Crippen molar-refractivity contribution in [3.63, 3.8) is 0 Å². The molecule has 0 radical (unpaired) electrons. The van der Waals surface area contributed by atoms with Crippen LogP contribution in [0.1, 0.15) is 43.6 Å². The molecule has 1 aromatic heterocycles. The standard InChI is InChI=1S/C15H18F5N3O3S/c1-5-8(27(24,25)10-7-14(2,3)26-22-10)6-9-11(13(16)17)23(4)21-12(9)15(18,19)20/h5,8,13H,1,6-7H2,2-4H3. The van der Waals surface area contributed by atoms with Crippen molar-refractivity contribution in [2.75, 3.05) is 0 Å². The molecule has 1 unspecified atom stereocenters. The second-order valence-corrected chi connectivity index (χ2v) is 8.84. The van der Waals surface area contributed by atoms with Gasteiger partial charge in [-0.25, -0.2) is 17.2 Å². The van der Waals surface area contributed by atoms with Crippen molar-refractivity contribution in [3.8, 4) is 0 Å². The van der Waals surface area contributed by atoms with E-state index in [0.717, 1.165) is 13.1 Å². The summed E-state index contributed by atoms with van der Waals surface area (Å²) in [7, 11) is -3.32. The molecule has 6 nitrogen and oxygen atoms in total. The van der Waals surface area contributed by atoms with Gasteiger partial charge in [0.15, 0.2) is 10.7 Å². The van der Waals surface area contributed by atoms with Crippen LogP contribution in [0.2, 0.25) is 0 Å². The van der Waals surface area contributed by atoms with Crippen LogP contribution in [0.15, 0.2) is 17.8 Å². The van der Waals surface area contributed by atoms with Crippen LogP contribution in [-0.4, -0.2) is 34.1 Å². The largest absolute Gasteiger partial charge is 0.435 e. The van der Waals surface area contributed by atoms with Crippen LogP contribution in [0.4, 0.5) is 22.0 Å². The van der Waals surface area contributed by atoms with Gasteiger partial charge in [0, 0.05) is 19.0 Å². The maximum atomic E-state index is 13.3. The van der Waals surface area contributed by atoms with E-state index >= 15 is 0 Å². The van der Waals surface area contributed by atoms with Crippen LogP contribution in [-0.2, 0) is 34.3 Å². The van der Waals surface area contributed by atoms with Gasteiger partial charge in [0.05, 0.1) is 5.25 Å². The molecule has 2 heterocycles. The average molecular weight is 415 g/mol. The predicted molar refractivity (Wildman–Crippen MR) is 87.0 cm³/mol. The monoisotopic (exact) mass is 415 g/mol. The zero-order valence-corrected chi connectivity index (χ0v) is 15.5. The summed E-state index contributed by atoms with van der Waals surface area (Å²) >= 11 is 0. The van der Waals surface area contributed by atoms with E-state index in [2.05, 4.69) is 16.8 Å². The van der Waals surface area contributed by atoms with Gasteiger partial charge in [0.25, 0.3) is 6.43 Å². The minimum Gasteiger partial charge on any atom is -0.389 e. The third-order valence-corrected chi connectivity index (χ3v) is 6.07. The smallest absolute Gasteiger partial charge is 0.389 e.